The van der Waals surface area contributed by atoms with Crippen LogP contribution >= 0.6 is 11.8 Å². The summed E-state index contributed by atoms with van der Waals surface area (Å²) >= 11 is 1.78. The van der Waals surface area contributed by atoms with Gasteiger partial charge in [-0.25, -0.2) is 0 Å². The molecule has 0 amide bonds. The van der Waals surface area contributed by atoms with E-state index in [1.165, 1.54) is 11.1 Å². The number of benzene rings is 1. The molecule has 0 radical (unpaired) electrons. The SMILES string of the molecule is CNC(CSCCO)c1ccccc1C. The standard InChI is InChI=1S/C12H19NOS/c1-10-5-3-4-6-11(10)12(13-2)9-15-8-7-14/h3-6,12-14H,7-9H2,1-2H3. The van der Waals surface area contributed by atoms with Gasteiger partial charge in [0.2, 0.25) is 0 Å². The number of hydrogen-bond donors (Lipinski definition) is 2. The Morgan fingerprint density at radius 2 is 2.13 bits per heavy atom. The molecule has 0 aromatic heterocycles. The summed E-state index contributed by atoms with van der Waals surface area (Å²) in [6, 6.07) is 8.81. The maximum absolute atomic E-state index is 8.74. The van der Waals surface area contributed by atoms with E-state index in [1.54, 1.807) is 11.8 Å². The molecule has 15 heavy (non-hydrogen) atoms. The average Bonchev–Trinajstić information content (AvgIpc) is 2.26. The molecule has 2 N–H and O–H groups in total. The number of rotatable bonds is 6. The van der Waals surface area contributed by atoms with Crippen LogP contribution < -0.4 is 5.32 Å². The van der Waals surface area contributed by atoms with Gasteiger partial charge in [0.1, 0.15) is 0 Å². The molecule has 3 heteroatoms. The Kier molecular flexibility index (Phi) is 5.76. The third kappa shape index (κ3) is 3.86. The zero-order valence-corrected chi connectivity index (χ0v) is 10.2. The van der Waals surface area contributed by atoms with E-state index in [0.717, 1.165) is 11.5 Å². The molecule has 1 rings (SSSR count). The summed E-state index contributed by atoms with van der Waals surface area (Å²) in [5, 5.41) is 12.1. The molecule has 1 atom stereocenters. The van der Waals surface area contributed by atoms with Gasteiger partial charge in [0.05, 0.1) is 6.61 Å². The van der Waals surface area contributed by atoms with Crippen molar-refractivity contribution >= 4 is 11.8 Å². The van der Waals surface area contributed by atoms with Gasteiger partial charge in [-0.3, -0.25) is 0 Å². The maximum Gasteiger partial charge on any atom is 0.0521 e. The summed E-state index contributed by atoms with van der Waals surface area (Å²) in [4.78, 5) is 0. The Balaban J connectivity index is 2.61. The van der Waals surface area contributed by atoms with Crippen molar-refractivity contribution in [1.29, 1.82) is 0 Å². The molecule has 0 aliphatic rings. The summed E-state index contributed by atoms with van der Waals surface area (Å²) in [5.74, 6) is 1.81. The minimum atomic E-state index is 0.259. The lowest BCUT2D eigenvalue weighted by atomic mass is 10.0. The largest absolute Gasteiger partial charge is 0.396 e. The normalized spacial score (nSPS) is 12.7. The second kappa shape index (κ2) is 6.88. The van der Waals surface area contributed by atoms with Crippen LogP contribution in [0.25, 0.3) is 0 Å². The van der Waals surface area contributed by atoms with E-state index in [0.29, 0.717) is 6.04 Å². The first-order valence-corrected chi connectivity index (χ1v) is 6.36. The third-order valence-electron chi connectivity index (χ3n) is 2.43. The van der Waals surface area contributed by atoms with E-state index in [9.17, 15) is 0 Å². The first kappa shape index (κ1) is 12.6. The maximum atomic E-state index is 8.74. The topological polar surface area (TPSA) is 32.3 Å². The smallest absolute Gasteiger partial charge is 0.0521 e. The Hall–Kier alpha value is -0.510. The van der Waals surface area contributed by atoms with Crippen LogP contribution in [0.3, 0.4) is 0 Å². The van der Waals surface area contributed by atoms with E-state index in [1.807, 2.05) is 7.05 Å². The highest BCUT2D eigenvalue weighted by atomic mass is 32.2. The van der Waals surface area contributed by atoms with E-state index in [4.69, 9.17) is 5.11 Å². The van der Waals surface area contributed by atoms with Gasteiger partial charge in [-0.05, 0) is 25.1 Å². The van der Waals surface area contributed by atoms with Crippen molar-refractivity contribution in [3.05, 3.63) is 35.4 Å². The molecule has 0 heterocycles. The van der Waals surface area contributed by atoms with Crippen LogP contribution in [0.15, 0.2) is 24.3 Å². The average molecular weight is 225 g/mol. The second-order valence-corrected chi connectivity index (χ2v) is 4.65. The van der Waals surface area contributed by atoms with Gasteiger partial charge in [0, 0.05) is 17.5 Å². The van der Waals surface area contributed by atoms with E-state index in [-0.39, 0.29) is 6.61 Å². The quantitative estimate of drug-likeness (QED) is 0.726. The first-order chi connectivity index (χ1) is 7.29. The van der Waals surface area contributed by atoms with Crippen LogP contribution in [0, 0.1) is 6.92 Å². The first-order valence-electron chi connectivity index (χ1n) is 5.21. The number of aliphatic hydroxyl groups is 1. The van der Waals surface area contributed by atoms with Crippen LogP contribution in [0.5, 0.6) is 0 Å². The Bertz CT molecular complexity index is 291. The van der Waals surface area contributed by atoms with Crippen molar-refractivity contribution in [2.45, 2.75) is 13.0 Å². The Labute approximate surface area is 96.1 Å². The number of nitrogens with one attached hydrogen (secondary N) is 1. The zero-order chi connectivity index (χ0) is 11.1. The van der Waals surface area contributed by atoms with Crippen molar-refractivity contribution in [1.82, 2.24) is 5.32 Å². The molecule has 1 aromatic carbocycles. The lowest BCUT2D eigenvalue weighted by Crippen LogP contribution is -2.20. The number of aryl methyl sites for hydroxylation is 1. The van der Waals surface area contributed by atoms with Gasteiger partial charge >= 0.3 is 0 Å². The molecule has 0 aliphatic carbocycles. The lowest BCUT2D eigenvalue weighted by molar-refractivity contribution is 0.322. The third-order valence-corrected chi connectivity index (χ3v) is 3.47. The van der Waals surface area contributed by atoms with Crippen LogP contribution in [-0.4, -0.2) is 30.3 Å². The molecule has 0 saturated heterocycles. The van der Waals surface area contributed by atoms with Crippen molar-refractivity contribution in [3.63, 3.8) is 0 Å². The van der Waals surface area contributed by atoms with Crippen molar-refractivity contribution in [2.75, 3.05) is 25.2 Å². The molecular weight excluding hydrogens is 206 g/mol. The van der Waals surface area contributed by atoms with Crippen LogP contribution in [0.4, 0.5) is 0 Å². The number of hydrogen-bond acceptors (Lipinski definition) is 3. The van der Waals surface area contributed by atoms with Gasteiger partial charge in [0.15, 0.2) is 0 Å². The minimum absolute atomic E-state index is 0.259. The molecule has 2 nitrogen and oxygen atoms in total. The van der Waals surface area contributed by atoms with E-state index >= 15 is 0 Å². The monoisotopic (exact) mass is 225 g/mol. The molecule has 0 bridgehead atoms. The molecule has 0 aliphatic heterocycles. The van der Waals surface area contributed by atoms with Crippen molar-refractivity contribution < 1.29 is 5.11 Å². The van der Waals surface area contributed by atoms with E-state index < -0.39 is 0 Å². The van der Waals surface area contributed by atoms with Crippen LogP contribution in [0.2, 0.25) is 0 Å². The van der Waals surface area contributed by atoms with Gasteiger partial charge in [-0.1, -0.05) is 24.3 Å². The van der Waals surface area contributed by atoms with Gasteiger partial charge in [-0.2, -0.15) is 11.8 Å². The fraction of sp³-hybridized carbons (Fsp3) is 0.500. The molecule has 1 unspecified atom stereocenters. The molecular formula is C12H19NOS. The summed E-state index contributed by atoms with van der Waals surface area (Å²) in [6.45, 7) is 2.39. The molecule has 0 saturated carbocycles. The lowest BCUT2D eigenvalue weighted by Gasteiger charge is -2.18. The Morgan fingerprint density at radius 1 is 1.40 bits per heavy atom. The molecule has 84 valence electrons. The molecule has 0 spiro atoms. The highest BCUT2D eigenvalue weighted by molar-refractivity contribution is 7.99. The number of aliphatic hydroxyl groups excluding tert-OH is 1. The highest BCUT2D eigenvalue weighted by Crippen LogP contribution is 2.20. The highest BCUT2D eigenvalue weighted by Gasteiger charge is 2.10. The Morgan fingerprint density at radius 3 is 2.73 bits per heavy atom. The zero-order valence-electron chi connectivity index (χ0n) is 9.36. The van der Waals surface area contributed by atoms with Crippen molar-refractivity contribution in [2.24, 2.45) is 0 Å². The van der Waals surface area contributed by atoms with Gasteiger partial charge < -0.3 is 10.4 Å². The second-order valence-electron chi connectivity index (χ2n) is 3.50. The number of thioether (sulfide) groups is 1. The summed E-state index contributed by atoms with van der Waals surface area (Å²) in [6.07, 6.45) is 0. The molecule has 0 fully saturated rings. The molecule has 1 aromatic rings. The fourth-order valence-corrected chi connectivity index (χ4v) is 2.45. The van der Waals surface area contributed by atoms with Gasteiger partial charge in [-0.15, -0.1) is 0 Å². The van der Waals surface area contributed by atoms with Crippen LogP contribution in [0.1, 0.15) is 17.2 Å². The summed E-state index contributed by atoms with van der Waals surface area (Å²) in [7, 11) is 1.98. The predicted octanol–water partition coefficient (Wildman–Crippen LogP) is 1.98. The van der Waals surface area contributed by atoms with Gasteiger partial charge in [0.25, 0.3) is 0 Å². The summed E-state index contributed by atoms with van der Waals surface area (Å²) < 4.78 is 0. The van der Waals surface area contributed by atoms with Crippen molar-refractivity contribution in [3.8, 4) is 0 Å². The predicted molar refractivity (Wildman–Crippen MR) is 67.4 cm³/mol. The van der Waals surface area contributed by atoms with Crippen LogP contribution in [-0.2, 0) is 0 Å². The minimum Gasteiger partial charge on any atom is -0.396 e. The van der Waals surface area contributed by atoms with E-state index in [2.05, 4.69) is 36.5 Å². The summed E-state index contributed by atoms with van der Waals surface area (Å²) in [5.41, 5.74) is 2.67. The fourth-order valence-electron chi connectivity index (χ4n) is 1.57.